The van der Waals surface area contributed by atoms with Gasteiger partial charge in [0.05, 0.1) is 0 Å². The molecule has 0 heterocycles. The molecule has 0 N–H and O–H groups in total. The standard InChI is InChI=1S/C39H41.C12H10Si.Zr/c1-8-13-26-23-33-29(25-14-10-9-11-15-25)16-12-17-32(33)36(26)37-34-24-27-22-28(38(2,3)4)18-19-30(27)31(34)20-21-35(37)39(5,6)7;1-3-7-11(8-4-1)13-12-9-5-2-6-10-12;/h9-12,14-24,36H,8,13H2,1-7H3;1-10H;/q-1;;. The summed E-state index contributed by atoms with van der Waals surface area (Å²) >= 11 is 0. The van der Waals surface area contributed by atoms with Crippen molar-refractivity contribution in [3.8, 4) is 11.1 Å². The van der Waals surface area contributed by atoms with Gasteiger partial charge < -0.3 is 0 Å². The predicted molar refractivity (Wildman–Crippen MR) is 229 cm³/mol. The number of hydrogen-bond donors (Lipinski definition) is 0. The maximum absolute atomic E-state index is 2.53. The summed E-state index contributed by atoms with van der Waals surface area (Å²) in [5.41, 5.74) is 11.6. The molecule has 1 unspecified atom stereocenters. The van der Waals surface area contributed by atoms with Crippen LogP contribution in [0.1, 0.15) is 95.0 Å². The molecule has 8 rings (SSSR count). The summed E-state index contributed by atoms with van der Waals surface area (Å²) in [4.78, 5) is 0. The van der Waals surface area contributed by atoms with Crippen LogP contribution in [0.15, 0.2) is 151 Å². The molecule has 2 heteroatoms. The molecule has 0 amide bonds. The number of hydrogen-bond acceptors (Lipinski definition) is 0. The second-order valence-electron chi connectivity index (χ2n) is 16.4. The van der Waals surface area contributed by atoms with Crippen LogP contribution in [0.2, 0.25) is 0 Å². The van der Waals surface area contributed by atoms with Gasteiger partial charge in [-0.05, 0) is 39.5 Å². The van der Waals surface area contributed by atoms with Gasteiger partial charge in [0.2, 0.25) is 0 Å². The van der Waals surface area contributed by atoms with Crippen LogP contribution in [0.5, 0.6) is 0 Å². The maximum atomic E-state index is 2.53. The first-order valence-corrected chi connectivity index (χ1v) is 20.0. The molecular weight excluding hydrogens is 732 g/mol. The first-order chi connectivity index (χ1) is 25.0. The number of fused-ring (bicyclic) bond motifs is 4. The maximum Gasteiger partial charge on any atom is 0.121 e. The van der Waals surface area contributed by atoms with Gasteiger partial charge in [-0.3, -0.25) is 0 Å². The van der Waals surface area contributed by atoms with Gasteiger partial charge in [-0.1, -0.05) is 227 Å². The SMILES string of the molecule is CCCC1=Cc2c(-c3ccccc3)cccc2C1c1c(C(C)(C)C)ccc2c1[cH-]c1cc(C(C)(C)C)ccc12.[Zr].c1ccc([Si]c2ccccc2)cc1. The van der Waals surface area contributed by atoms with E-state index in [2.05, 4.69) is 200 Å². The van der Waals surface area contributed by atoms with Crippen LogP contribution in [-0.4, -0.2) is 9.52 Å². The Kier molecular flexibility index (Phi) is 11.8. The Labute approximate surface area is 339 Å². The molecule has 264 valence electrons. The third-order valence-electron chi connectivity index (χ3n) is 10.5. The van der Waals surface area contributed by atoms with Crippen LogP contribution >= 0.6 is 0 Å². The number of rotatable bonds is 6. The van der Waals surface area contributed by atoms with E-state index in [-0.39, 0.29) is 43.0 Å². The van der Waals surface area contributed by atoms with E-state index in [1.54, 1.807) is 5.57 Å². The molecule has 1 aliphatic carbocycles. The average molecular weight is 783 g/mol. The molecule has 7 aromatic carbocycles. The Bertz CT molecular complexity index is 2290. The molecule has 0 aliphatic heterocycles. The first-order valence-electron chi connectivity index (χ1n) is 19.0. The minimum Gasteiger partial charge on any atom is -0.126 e. The zero-order valence-electron chi connectivity index (χ0n) is 32.4. The Morgan fingerprint density at radius 2 is 1.23 bits per heavy atom. The average Bonchev–Trinajstić information content (AvgIpc) is 3.70. The predicted octanol–water partition coefficient (Wildman–Crippen LogP) is 12.6. The van der Waals surface area contributed by atoms with Crippen LogP contribution in [0.4, 0.5) is 0 Å². The van der Waals surface area contributed by atoms with Crippen LogP contribution in [0.3, 0.4) is 0 Å². The summed E-state index contributed by atoms with van der Waals surface area (Å²) < 4.78 is 0. The second kappa shape index (κ2) is 16.2. The molecule has 2 radical (unpaired) electrons. The molecule has 1 aliphatic rings. The summed E-state index contributed by atoms with van der Waals surface area (Å²) in [6, 6.07) is 53.4. The number of allylic oxidation sites excluding steroid dienone is 1. The van der Waals surface area contributed by atoms with E-state index in [0.717, 1.165) is 22.4 Å². The summed E-state index contributed by atoms with van der Waals surface area (Å²) in [5, 5.41) is 8.34. The van der Waals surface area contributed by atoms with Crippen molar-refractivity contribution in [1.29, 1.82) is 0 Å². The van der Waals surface area contributed by atoms with Gasteiger partial charge in [0.15, 0.2) is 0 Å². The Morgan fingerprint density at radius 3 is 1.81 bits per heavy atom. The minimum atomic E-state index is 0. The van der Waals surface area contributed by atoms with Gasteiger partial charge in [0, 0.05) is 32.1 Å². The van der Waals surface area contributed by atoms with E-state index in [9.17, 15) is 0 Å². The van der Waals surface area contributed by atoms with E-state index in [0.29, 0.717) is 0 Å². The van der Waals surface area contributed by atoms with Crippen LogP contribution in [0, 0.1) is 0 Å². The summed E-state index contributed by atoms with van der Waals surface area (Å²) in [5.74, 6) is 0.278. The molecule has 0 fully saturated rings. The van der Waals surface area contributed by atoms with E-state index >= 15 is 0 Å². The molecule has 0 bridgehead atoms. The van der Waals surface area contributed by atoms with Gasteiger partial charge in [0.25, 0.3) is 0 Å². The van der Waals surface area contributed by atoms with E-state index in [4.69, 9.17) is 0 Å². The fourth-order valence-electron chi connectivity index (χ4n) is 7.93. The fraction of sp³-hybridized carbons (Fsp3) is 0.235. The third-order valence-corrected chi connectivity index (χ3v) is 11.7. The van der Waals surface area contributed by atoms with E-state index < -0.39 is 0 Å². The molecule has 1 atom stereocenters. The monoisotopic (exact) mass is 781 g/mol. The van der Waals surface area contributed by atoms with Crippen molar-refractivity contribution in [2.75, 3.05) is 0 Å². The van der Waals surface area contributed by atoms with Crippen molar-refractivity contribution in [2.45, 2.75) is 78.1 Å². The molecular formula is C51H51SiZr-. The Morgan fingerprint density at radius 1 is 0.623 bits per heavy atom. The van der Waals surface area contributed by atoms with E-state index in [1.807, 2.05) is 0 Å². The van der Waals surface area contributed by atoms with Crippen molar-refractivity contribution in [3.63, 3.8) is 0 Å². The molecule has 0 nitrogen and oxygen atoms in total. The molecule has 53 heavy (non-hydrogen) atoms. The van der Waals surface area contributed by atoms with Crippen LogP contribution < -0.4 is 10.4 Å². The smallest absolute Gasteiger partial charge is 0.121 e. The minimum absolute atomic E-state index is 0. The molecule has 7 aromatic rings. The molecule has 0 spiro atoms. The zero-order chi connectivity index (χ0) is 36.5. The third kappa shape index (κ3) is 8.25. The summed E-state index contributed by atoms with van der Waals surface area (Å²) in [6.07, 6.45) is 4.79. The first kappa shape index (κ1) is 38.7. The molecule has 0 aromatic heterocycles. The van der Waals surface area contributed by atoms with Crippen molar-refractivity contribution in [1.82, 2.24) is 0 Å². The summed E-state index contributed by atoms with van der Waals surface area (Å²) in [6.45, 7) is 16.4. The van der Waals surface area contributed by atoms with Crippen molar-refractivity contribution >= 4 is 47.5 Å². The van der Waals surface area contributed by atoms with Crippen LogP contribution in [0.25, 0.3) is 38.7 Å². The van der Waals surface area contributed by atoms with Gasteiger partial charge in [0.1, 0.15) is 9.52 Å². The topological polar surface area (TPSA) is 0 Å². The Hall–Kier alpha value is -3.97. The Balaban J connectivity index is 0.000000289. The summed E-state index contributed by atoms with van der Waals surface area (Å²) in [7, 11) is 0.777. The van der Waals surface area contributed by atoms with E-state index in [1.165, 1.54) is 70.9 Å². The van der Waals surface area contributed by atoms with Gasteiger partial charge >= 0.3 is 0 Å². The van der Waals surface area contributed by atoms with Gasteiger partial charge in [-0.15, -0.1) is 33.7 Å². The quantitative estimate of drug-likeness (QED) is 0.116. The normalized spacial score (nSPS) is 13.9. The number of benzene rings is 6. The van der Waals surface area contributed by atoms with Gasteiger partial charge in [-0.25, -0.2) is 0 Å². The second-order valence-corrected chi connectivity index (χ2v) is 17.8. The van der Waals surface area contributed by atoms with Crippen molar-refractivity contribution in [2.24, 2.45) is 0 Å². The van der Waals surface area contributed by atoms with Crippen molar-refractivity contribution < 1.29 is 26.2 Å². The van der Waals surface area contributed by atoms with Crippen LogP contribution in [-0.2, 0) is 37.0 Å². The fourth-order valence-corrected chi connectivity index (χ4v) is 8.98. The molecule has 0 saturated heterocycles. The molecule has 0 saturated carbocycles. The van der Waals surface area contributed by atoms with Crippen molar-refractivity contribution in [3.05, 3.63) is 179 Å². The largest absolute Gasteiger partial charge is 0.126 e. The van der Waals surface area contributed by atoms with Gasteiger partial charge in [-0.2, -0.15) is 0 Å². The zero-order valence-corrected chi connectivity index (χ0v) is 35.9.